The third-order valence-electron chi connectivity index (χ3n) is 2.57. The molecule has 0 saturated heterocycles. The molecule has 0 spiro atoms. The molecule has 1 heterocycles. The fraction of sp³-hybridized carbons (Fsp3) is 0.538. The van der Waals surface area contributed by atoms with Crippen molar-refractivity contribution in [2.75, 3.05) is 18.4 Å². The van der Waals surface area contributed by atoms with E-state index in [1.54, 1.807) is 0 Å². The van der Waals surface area contributed by atoms with Crippen molar-refractivity contribution in [1.82, 2.24) is 15.3 Å². The van der Waals surface area contributed by atoms with Crippen molar-refractivity contribution < 1.29 is 14.7 Å². The van der Waals surface area contributed by atoms with Gasteiger partial charge in [0.15, 0.2) is 5.69 Å². The zero-order valence-corrected chi connectivity index (χ0v) is 11.9. The van der Waals surface area contributed by atoms with Crippen LogP contribution in [-0.4, -0.2) is 40.0 Å². The van der Waals surface area contributed by atoms with Crippen molar-refractivity contribution in [2.45, 2.75) is 33.1 Å². The molecule has 7 nitrogen and oxygen atoms in total. The number of rotatable bonds is 7. The van der Waals surface area contributed by atoms with E-state index >= 15 is 0 Å². The van der Waals surface area contributed by atoms with Crippen LogP contribution in [0.1, 0.15) is 49.4 Å². The van der Waals surface area contributed by atoms with E-state index in [2.05, 4.69) is 20.6 Å². The van der Waals surface area contributed by atoms with E-state index in [0.29, 0.717) is 24.6 Å². The van der Waals surface area contributed by atoms with Crippen LogP contribution in [0.5, 0.6) is 0 Å². The second-order valence-electron chi connectivity index (χ2n) is 4.58. The standard InChI is InChI=1S/C13H20N4O3/c1-4-14-10(18)5-6-15-9-7-16-12(8(2)3)17-11(9)13(19)20/h7-8,15H,4-6H2,1-3H3,(H,14,18)(H,19,20). The van der Waals surface area contributed by atoms with Crippen LogP contribution >= 0.6 is 0 Å². The van der Waals surface area contributed by atoms with E-state index < -0.39 is 5.97 Å². The molecular weight excluding hydrogens is 260 g/mol. The minimum atomic E-state index is -1.12. The van der Waals surface area contributed by atoms with Crippen molar-refractivity contribution in [3.8, 4) is 0 Å². The molecule has 7 heteroatoms. The van der Waals surface area contributed by atoms with E-state index in [0.717, 1.165) is 0 Å². The normalized spacial score (nSPS) is 10.4. The Morgan fingerprint density at radius 3 is 2.65 bits per heavy atom. The first-order chi connectivity index (χ1) is 9.45. The van der Waals surface area contributed by atoms with Gasteiger partial charge in [0.25, 0.3) is 0 Å². The number of nitrogens with zero attached hydrogens (tertiary/aromatic N) is 2. The molecule has 0 radical (unpaired) electrons. The van der Waals surface area contributed by atoms with Gasteiger partial charge in [-0.15, -0.1) is 0 Å². The largest absolute Gasteiger partial charge is 0.476 e. The van der Waals surface area contributed by atoms with Gasteiger partial charge in [0, 0.05) is 25.4 Å². The third kappa shape index (κ3) is 4.49. The summed E-state index contributed by atoms with van der Waals surface area (Å²) in [5.41, 5.74) is 0.255. The molecule has 0 aliphatic heterocycles. The van der Waals surface area contributed by atoms with Crippen molar-refractivity contribution >= 4 is 17.6 Å². The summed E-state index contributed by atoms with van der Waals surface area (Å²) in [6.45, 7) is 6.53. The van der Waals surface area contributed by atoms with Gasteiger partial charge in [-0.2, -0.15) is 0 Å². The zero-order valence-electron chi connectivity index (χ0n) is 11.9. The van der Waals surface area contributed by atoms with Gasteiger partial charge in [-0.05, 0) is 6.92 Å². The van der Waals surface area contributed by atoms with Crippen LogP contribution in [0, 0.1) is 0 Å². The quantitative estimate of drug-likeness (QED) is 0.694. The average molecular weight is 280 g/mol. The van der Waals surface area contributed by atoms with Gasteiger partial charge in [-0.25, -0.2) is 14.8 Å². The number of anilines is 1. The minimum absolute atomic E-state index is 0.0532. The Labute approximate surface area is 117 Å². The van der Waals surface area contributed by atoms with Gasteiger partial charge in [-0.1, -0.05) is 13.8 Å². The Balaban J connectivity index is 2.74. The lowest BCUT2D eigenvalue weighted by Gasteiger charge is -2.11. The maximum Gasteiger partial charge on any atom is 0.356 e. The molecule has 0 atom stereocenters. The summed E-state index contributed by atoms with van der Waals surface area (Å²) in [6.07, 6.45) is 1.71. The fourth-order valence-electron chi connectivity index (χ4n) is 1.56. The van der Waals surface area contributed by atoms with Gasteiger partial charge < -0.3 is 15.7 Å². The topological polar surface area (TPSA) is 104 Å². The minimum Gasteiger partial charge on any atom is -0.476 e. The Kier molecular flexibility index (Phi) is 5.89. The summed E-state index contributed by atoms with van der Waals surface area (Å²) in [6, 6.07) is 0. The third-order valence-corrected chi connectivity index (χ3v) is 2.57. The molecule has 110 valence electrons. The Morgan fingerprint density at radius 2 is 2.10 bits per heavy atom. The summed E-state index contributed by atoms with van der Waals surface area (Å²) in [7, 11) is 0. The maximum atomic E-state index is 11.3. The van der Waals surface area contributed by atoms with Crippen LogP contribution in [0.15, 0.2) is 6.20 Å². The number of hydrogen-bond donors (Lipinski definition) is 3. The van der Waals surface area contributed by atoms with Gasteiger partial charge in [0.05, 0.1) is 11.9 Å². The van der Waals surface area contributed by atoms with Gasteiger partial charge in [0.1, 0.15) is 5.82 Å². The predicted molar refractivity (Wildman–Crippen MR) is 74.9 cm³/mol. The number of hydrogen-bond acceptors (Lipinski definition) is 5. The van der Waals surface area contributed by atoms with Crippen LogP contribution in [0.25, 0.3) is 0 Å². The first-order valence-electron chi connectivity index (χ1n) is 6.56. The van der Waals surface area contributed by atoms with E-state index in [9.17, 15) is 9.59 Å². The Morgan fingerprint density at radius 1 is 1.40 bits per heavy atom. The number of nitrogens with one attached hydrogen (secondary N) is 2. The van der Waals surface area contributed by atoms with Crippen molar-refractivity contribution in [1.29, 1.82) is 0 Å². The summed E-state index contributed by atoms with van der Waals surface area (Å²) < 4.78 is 0. The first kappa shape index (κ1) is 15.9. The van der Waals surface area contributed by atoms with Crippen molar-refractivity contribution in [2.24, 2.45) is 0 Å². The zero-order chi connectivity index (χ0) is 15.1. The highest BCUT2D eigenvalue weighted by atomic mass is 16.4. The number of carbonyl (C=O) groups is 2. The van der Waals surface area contributed by atoms with Crippen LogP contribution in [0.4, 0.5) is 5.69 Å². The molecule has 0 aliphatic carbocycles. The SMILES string of the molecule is CCNC(=O)CCNc1cnc(C(C)C)nc1C(=O)O. The van der Waals surface area contributed by atoms with Gasteiger partial charge >= 0.3 is 5.97 Å². The lowest BCUT2D eigenvalue weighted by molar-refractivity contribution is -0.120. The molecule has 1 amide bonds. The number of carboxylic acids is 1. The van der Waals surface area contributed by atoms with E-state index in [4.69, 9.17) is 5.11 Å². The maximum absolute atomic E-state index is 11.3. The average Bonchev–Trinajstić information content (AvgIpc) is 2.38. The molecule has 3 N–H and O–H groups in total. The lowest BCUT2D eigenvalue weighted by atomic mass is 10.2. The highest BCUT2D eigenvalue weighted by Gasteiger charge is 2.15. The lowest BCUT2D eigenvalue weighted by Crippen LogP contribution is -2.25. The summed E-state index contributed by atoms with van der Waals surface area (Å²) >= 11 is 0. The summed E-state index contributed by atoms with van der Waals surface area (Å²) in [5.74, 6) is -0.666. The highest BCUT2D eigenvalue weighted by Crippen LogP contribution is 2.16. The van der Waals surface area contributed by atoms with Crippen molar-refractivity contribution in [3.05, 3.63) is 17.7 Å². The number of aromatic nitrogens is 2. The molecule has 0 aromatic carbocycles. The molecule has 0 fully saturated rings. The number of carbonyl (C=O) groups excluding carboxylic acids is 1. The number of aromatic carboxylic acids is 1. The fourth-order valence-corrected chi connectivity index (χ4v) is 1.56. The van der Waals surface area contributed by atoms with E-state index in [1.165, 1.54) is 6.20 Å². The monoisotopic (exact) mass is 280 g/mol. The Hall–Kier alpha value is -2.18. The second-order valence-corrected chi connectivity index (χ2v) is 4.58. The van der Waals surface area contributed by atoms with Crippen LogP contribution in [0.3, 0.4) is 0 Å². The number of amides is 1. The summed E-state index contributed by atoms with van der Waals surface area (Å²) in [5, 5.41) is 14.7. The second kappa shape index (κ2) is 7.42. The highest BCUT2D eigenvalue weighted by molar-refractivity contribution is 5.91. The Bertz CT molecular complexity index is 489. The smallest absolute Gasteiger partial charge is 0.356 e. The van der Waals surface area contributed by atoms with Crippen LogP contribution < -0.4 is 10.6 Å². The molecule has 20 heavy (non-hydrogen) atoms. The molecule has 1 aromatic rings. The van der Waals surface area contributed by atoms with Crippen LogP contribution in [0.2, 0.25) is 0 Å². The van der Waals surface area contributed by atoms with Gasteiger partial charge in [0.2, 0.25) is 5.91 Å². The molecular formula is C13H20N4O3. The molecule has 0 unspecified atom stereocenters. The number of carboxylic acid groups (broad SMARTS) is 1. The van der Waals surface area contributed by atoms with E-state index in [-0.39, 0.29) is 23.9 Å². The van der Waals surface area contributed by atoms with Crippen LogP contribution in [-0.2, 0) is 4.79 Å². The molecule has 0 bridgehead atoms. The molecule has 1 rings (SSSR count). The summed E-state index contributed by atoms with van der Waals surface area (Å²) in [4.78, 5) is 30.6. The molecule has 0 aliphatic rings. The van der Waals surface area contributed by atoms with E-state index in [1.807, 2.05) is 20.8 Å². The molecule has 0 saturated carbocycles. The molecule has 1 aromatic heterocycles. The first-order valence-corrected chi connectivity index (χ1v) is 6.56. The predicted octanol–water partition coefficient (Wildman–Crippen LogP) is 1.24. The van der Waals surface area contributed by atoms with Gasteiger partial charge in [-0.3, -0.25) is 4.79 Å². The van der Waals surface area contributed by atoms with Crippen molar-refractivity contribution in [3.63, 3.8) is 0 Å².